The average Bonchev–Trinajstić information content (AvgIpc) is 3.09. The second kappa shape index (κ2) is 9.23. The highest BCUT2D eigenvalue weighted by molar-refractivity contribution is 5.85. The Morgan fingerprint density at radius 2 is 1.67 bits per heavy atom. The van der Waals surface area contributed by atoms with Crippen LogP contribution in [0.5, 0.6) is 0 Å². The Labute approximate surface area is 192 Å². The number of aliphatic carboxylic acids is 1. The van der Waals surface area contributed by atoms with E-state index in [-0.39, 0.29) is 44.0 Å². The van der Waals surface area contributed by atoms with Gasteiger partial charge in [-0.1, -0.05) is 48.5 Å². The summed E-state index contributed by atoms with van der Waals surface area (Å²) in [4.78, 5) is 36.7. The van der Waals surface area contributed by atoms with Crippen molar-refractivity contribution < 1.29 is 29.3 Å². The second-order valence-corrected chi connectivity index (χ2v) is 8.85. The third-order valence-corrected chi connectivity index (χ3v) is 6.39. The Morgan fingerprint density at radius 1 is 1.09 bits per heavy atom. The topological polar surface area (TPSA) is 116 Å². The van der Waals surface area contributed by atoms with E-state index in [1.54, 1.807) is 0 Å². The molecule has 1 saturated heterocycles. The van der Waals surface area contributed by atoms with Crippen LogP contribution >= 0.6 is 0 Å². The van der Waals surface area contributed by atoms with Crippen LogP contribution in [0.4, 0.5) is 4.79 Å². The number of carbonyl (C=O) groups excluding carboxylic acids is 2. The van der Waals surface area contributed by atoms with Crippen LogP contribution in [-0.2, 0) is 14.3 Å². The van der Waals surface area contributed by atoms with E-state index >= 15 is 0 Å². The van der Waals surface area contributed by atoms with Gasteiger partial charge in [0.05, 0.1) is 13.1 Å². The summed E-state index contributed by atoms with van der Waals surface area (Å²) in [5.41, 5.74) is 2.82. The number of carboxylic acids is 1. The Bertz CT molecular complexity index is 1020. The van der Waals surface area contributed by atoms with Crippen molar-refractivity contribution in [1.29, 1.82) is 0 Å². The molecule has 1 aliphatic heterocycles. The lowest BCUT2D eigenvalue weighted by atomic mass is 9.94. The average molecular weight is 453 g/mol. The van der Waals surface area contributed by atoms with Crippen LogP contribution in [0.2, 0.25) is 0 Å². The molecule has 4 rings (SSSR count). The van der Waals surface area contributed by atoms with Crippen LogP contribution in [0.3, 0.4) is 0 Å². The summed E-state index contributed by atoms with van der Waals surface area (Å²) in [6.07, 6.45) is 0.843. The van der Waals surface area contributed by atoms with Gasteiger partial charge in [-0.2, -0.15) is 0 Å². The summed E-state index contributed by atoms with van der Waals surface area (Å²) in [7, 11) is 0. The number of nitrogens with one attached hydrogen (secondary N) is 1. The zero-order valence-electron chi connectivity index (χ0n) is 18.5. The maximum absolute atomic E-state index is 12.3. The number of rotatable bonds is 8. The minimum absolute atomic E-state index is 0.00273. The highest BCUT2D eigenvalue weighted by Crippen LogP contribution is 2.44. The summed E-state index contributed by atoms with van der Waals surface area (Å²) >= 11 is 0. The van der Waals surface area contributed by atoms with E-state index in [1.807, 2.05) is 31.2 Å². The van der Waals surface area contributed by atoms with Gasteiger partial charge in [0.25, 0.3) is 0 Å². The second-order valence-electron chi connectivity index (χ2n) is 8.85. The first-order valence-corrected chi connectivity index (χ1v) is 11.1. The largest absolute Gasteiger partial charge is 0.479 e. The van der Waals surface area contributed by atoms with Gasteiger partial charge in [-0.3, -0.25) is 4.79 Å². The Hall–Kier alpha value is -3.39. The van der Waals surface area contributed by atoms with Gasteiger partial charge in [-0.25, -0.2) is 9.59 Å². The molecule has 8 nitrogen and oxygen atoms in total. The predicted molar refractivity (Wildman–Crippen MR) is 121 cm³/mol. The Kier molecular flexibility index (Phi) is 6.37. The van der Waals surface area contributed by atoms with Crippen molar-refractivity contribution >= 4 is 18.0 Å². The molecule has 0 aromatic heterocycles. The van der Waals surface area contributed by atoms with Crippen molar-refractivity contribution in [3.8, 4) is 11.1 Å². The van der Waals surface area contributed by atoms with Crippen LogP contribution in [0.1, 0.15) is 43.2 Å². The van der Waals surface area contributed by atoms with Gasteiger partial charge >= 0.3 is 12.1 Å². The number of benzene rings is 2. The summed E-state index contributed by atoms with van der Waals surface area (Å²) in [6, 6.07) is 16.1. The monoisotopic (exact) mass is 452 g/mol. The molecule has 0 bridgehead atoms. The Morgan fingerprint density at radius 3 is 2.24 bits per heavy atom. The summed E-state index contributed by atoms with van der Waals surface area (Å²) < 4.78 is 5.54. The molecular weight excluding hydrogens is 424 g/mol. The third-order valence-electron chi connectivity index (χ3n) is 6.39. The number of likely N-dealkylation sites (tertiary alicyclic amines) is 1. The third kappa shape index (κ3) is 4.71. The minimum atomic E-state index is -1.82. The molecule has 1 fully saturated rings. The number of ether oxygens (including phenoxy) is 1. The highest BCUT2D eigenvalue weighted by atomic mass is 16.5. The molecule has 2 aliphatic rings. The summed E-state index contributed by atoms with van der Waals surface area (Å²) in [5, 5.41) is 21.4. The number of nitrogens with zero attached hydrogens (tertiary/aromatic N) is 1. The smallest absolute Gasteiger partial charge is 0.407 e. The number of β-amino-alcohol motifs (C(OH)–C–C–N with tert-alkyl or cyclic N) is 1. The van der Waals surface area contributed by atoms with Crippen LogP contribution in [-0.4, -0.2) is 64.4 Å². The molecule has 1 atom stereocenters. The first kappa shape index (κ1) is 22.8. The fourth-order valence-electron chi connectivity index (χ4n) is 4.53. The normalized spacial score (nSPS) is 16.8. The molecule has 33 heavy (non-hydrogen) atoms. The van der Waals surface area contributed by atoms with E-state index in [2.05, 4.69) is 29.6 Å². The molecule has 0 saturated carbocycles. The van der Waals surface area contributed by atoms with Gasteiger partial charge in [0, 0.05) is 18.4 Å². The van der Waals surface area contributed by atoms with Crippen molar-refractivity contribution in [1.82, 2.24) is 10.2 Å². The highest BCUT2D eigenvalue weighted by Gasteiger charge is 2.49. The van der Waals surface area contributed by atoms with Gasteiger partial charge in [0.1, 0.15) is 6.61 Å². The summed E-state index contributed by atoms with van der Waals surface area (Å²) in [6.45, 7) is 1.72. The first-order valence-electron chi connectivity index (χ1n) is 11.1. The first-order chi connectivity index (χ1) is 15.8. The van der Waals surface area contributed by atoms with E-state index in [0.717, 1.165) is 11.1 Å². The number of aliphatic hydroxyl groups is 1. The lowest BCUT2D eigenvalue weighted by Gasteiger charge is -2.43. The van der Waals surface area contributed by atoms with Crippen molar-refractivity contribution in [2.75, 3.05) is 19.7 Å². The van der Waals surface area contributed by atoms with E-state index in [4.69, 9.17) is 9.84 Å². The number of carboxylic acid groups (broad SMARTS) is 1. The van der Waals surface area contributed by atoms with Crippen LogP contribution in [0.25, 0.3) is 11.1 Å². The van der Waals surface area contributed by atoms with Crippen molar-refractivity contribution in [2.24, 2.45) is 0 Å². The maximum Gasteiger partial charge on any atom is 0.407 e. The van der Waals surface area contributed by atoms with Gasteiger partial charge in [0.15, 0.2) is 5.60 Å². The molecule has 8 heteroatoms. The molecule has 1 heterocycles. The van der Waals surface area contributed by atoms with Crippen molar-refractivity contribution in [2.45, 2.75) is 43.7 Å². The Balaban J connectivity index is 1.20. The van der Waals surface area contributed by atoms with Crippen LogP contribution in [0, 0.1) is 0 Å². The molecule has 174 valence electrons. The zero-order valence-corrected chi connectivity index (χ0v) is 18.5. The van der Waals surface area contributed by atoms with Gasteiger partial charge in [-0.05, 0) is 42.0 Å². The lowest BCUT2D eigenvalue weighted by Crippen LogP contribution is -2.67. The quantitative estimate of drug-likeness (QED) is 0.567. The molecule has 1 unspecified atom stereocenters. The minimum Gasteiger partial charge on any atom is -0.479 e. The SMILES string of the molecule is CC(CCCC(=O)N1CC(O)(C(=O)O)C1)NC(=O)OCC1c2ccccc2-c2ccccc21. The van der Waals surface area contributed by atoms with Gasteiger partial charge in [-0.15, -0.1) is 0 Å². The van der Waals surface area contributed by atoms with Gasteiger partial charge in [0.2, 0.25) is 5.91 Å². The molecule has 3 N–H and O–H groups in total. The van der Waals surface area contributed by atoms with E-state index < -0.39 is 17.7 Å². The fraction of sp³-hybridized carbons (Fsp3) is 0.400. The van der Waals surface area contributed by atoms with E-state index in [1.165, 1.54) is 16.0 Å². The number of hydrogen-bond donors (Lipinski definition) is 3. The summed E-state index contributed by atoms with van der Waals surface area (Å²) in [5.74, 6) is -1.52. The van der Waals surface area contributed by atoms with Crippen molar-refractivity contribution in [3.05, 3.63) is 59.7 Å². The number of alkyl carbamates (subject to hydrolysis) is 1. The zero-order chi connectivity index (χ0) is 23.6. The maximum atomic E-state index is 12.3. The molecule has 2 aromatic rings. The number of hydrogen-bond acceptors (Lipinski definition) is 5. The van der Waals surface area contributed by atoms with E-state index in [9.17, 15) is 19.5 Å². The number of carbonyl (C=O) groups is 3. The molecule has 2 aromatic carbocycles. The molecule has 0 spiro atoms. The van der Waals surface area contributed by atoms with Crippen molar-refractivity contribution in [3.63, 3.8) is 0 Å². The lowest BCUT2D eigenvalue weighted by molar-refractivity contribution is -0.182. The standard InChI is InChI=1S/C25H28N2O6/c1-16(7-6-12-22(28)27-14-25(32,15-27)23(29)30)26-24(31)33-13-21-19-10-4-2-8-17(19)18-9-3-5-11-20(18)21/h2-5,8-11,16,21,32H,6-7,12-15H2,1H3,(H,26,31)(H,29,30). The van der Waals surface area contributed by atoms with E-state index in [0.29, 0.717) is 12.8 Å². The molecule has 2 amide bonds. The predicted octanol–water partition coefficient (Wildman–Crippen LogP) is 2.74. The van der Waals surface area contributed by atoms with Crippen LogP contribution < -0.4 is 5.32 Å². The molecular formula is C25H28N2O6. The number of fused-ring (bicyclic) bond motifs is 3. The fourth-order valence-corrected chi connectivity index (χ4v) is 4.53. The van der Waals surface area contributed by atoms with Crippen LogP contribution in [0.15, 0.2) is 48.5 Å². The van der Waals surface area contributed by atoms with Gasteiger partial charge < -0.3 is 25.2 Å². The molecule has 0 radical (unpaired) electrons. The number of amides is 2. The molecule has 1 aliphatic carbocycles.